The highest BCUT2D eigenvalue weighted by Crippen LogP contribution is 2.19. The largest absolute Gasteiger partial charge is 0.469 e. The Labute approximate surface area is 103 Å². The first-order valence-electron chi connectivity index (χ1n) is 5.81. The van der Waals surface area contributed by atoms with E-state index in [1.165, 1.54) is 7.11 Å². The van der Waals surface area contributed by atoms with Crippen LogP contribution in [-0.2, 0) is 16.0 Å². The number of esters is 1. The molecule has 1 aromatic carbocycles. The molecule has 0 saturated heterocycles. The van der Waals surface area contributed by atoms with Crippen molar-refractivity contribution in [3.8, 4) is 0 Å². The van der Waals surface area contributed by atoms with Crippen LogP contribution in [0.15, 0.2) is 24.3 Å². The van der Waals surface area contributed by atoms with E-state index < -0.39 is 0 Å². The smallest absolute Gasteiger partial charge is 0.310 e. The van der Waals surface area contributed by atoms with Gasteiger partial charge in [0.15, 0.2) is 0 Å². The van der Waals surface area contributed by atoms with Gasteiger partial charge in [-0.2, -0.15) is 0 Å². The van der Waals surface area contributed by atoms with Crippen LogP contribution >= 0.6 is 0 Å². The molecular formula is C14H21NO2. The van der Waals surface area contributed by atoms with Crippen molar-refractivity contribution in [1.82, 2.24) is 0 Å². The van der Waals surface area contributed by atoms with Crippen molar-refractivity contribution in [3.05, 3.63) is 29.8 Å². The van der Waals surface area contributed by atoms with Gasteiger partial charge in [-0.3, -0.25) is 4.79 Å². The van der Waals surface area contributed by atoms with Crippen molar-refractivity contribution in [3.63, 3.8) is 0 Å². The summed E-state index contributed by atoms with van der Waals surface area (Å²) in [5.74, 6) is -0.213. The molecule has 0 bridgehead atoms. The van der Waals surface area contributed by atoms with Gasteiger partial charge >= 0.3 is 5.97 Å². The predicted octanol–water partition coefficient (Wildman–Crippen LogP) is 2.86. The van der Waals surface area contributed by atoms with E-state index in [1.54, 1.807) is 0 Å². The van der Waals surface area contributed by atoms with Crippen molar-refractivity contribution in [2.75, 3.05) is 19.0 Å². The lowest BCUT2D eigenvalue weighted by atomic mass is 9.96. The van der Waals surface area contributed by atoms with Gasteiger partial charge in [-0.15, -0.1) is 0 Å². The Balaban J connectivity index is 2.74. The number of methoxy groups -OCH3 is 1. The number of ether oxygens (including phenoxy) is 1. The van der Waals surface area contributed by atoms with E-state index in [0.29, 0.717) is 6.42 Å². The fourth-order valence-electron chi connectivity index (χ4n) is 1.43. The van der Waals surface area contributed by atoms with E-state index in [4.69, 9.17) is 0 Å². The molecule has 1 N–H and O–H groups in total. The molecule has 0 atom stereocenters. The molecule has 1 aromatic rings. The zero-order chi connectivity index (χ0) is 12.9. The number of hydrogen-bond acceptors (Lipinski definition) is 3. The van der Waals surface area contributed by atoms with Crippen LogP contribution in [-0.4, -0.2) is 19.6 Å². The van der Waals surface area contributed by atoms with Crippen LogP contribution in [0.4, 0.5) is 5.69 Å². The number of rotatable bonds is 4. The number of carbonyl (C=O) groups is 1. The summed E-state index contributed by atoms with van der Waals surface area (Å²) in [6.45, 7) is 7.37. The molecule has 0 saturated carbocycles. The lowest BCUT2D eigenvalue weighted by molar-refractivity contribution is -0.139. The number of anilines is 1. The van der Waals surface area contributed by atoms with Gasteiger partial charge in [0.05, 0.1) is 13.5 Å². The molecule has 3 nitrogen and oxygen atoms in total. The van der Waals surface area contributed by atoms with Crippen LogP contribution < -0.4 is 5.32 Å². The maximum absolute atomic E-state index is 11.3. The Kier molecular flexibility index (Phi) is 4.55. The maximum Gasteiger partial charge on any atom is 0.310 e. The summed E-state index contributed by atoms with van der Waals surface area (Å²) in [6, 6.07) is 7.83. The Morgan fingerprint density at radius 3 is 2.53 bits per heavy atom. The van der Waals surface area contributed by atoms with Gasteiger partial charge in [-0.05, 0) is 17.0 Å². The highest BCUT2D eigenvalue weighted by Gasteiger charge is 2.12. The number of hydrogen-bond donors (Lipinski definition) is 1. The Bertz CT molecular complexity index is 380. The van der Waals surface area contributed by atoms with Gasteiger partial charge in [-0.25, -0.2) is 0 Å². The van der Waals surface area contributed by atoms with Gasteiger partial charge in [0.25, 0.3) is 0 Å². The maximum atomic E-state index is 11.3. The lowest BCUT2D eigenvalue weighted by Crippen LogP contribution is -2.20. The second kappa shape index (κ2) is 5.71. The SMILES string of the molecule is COC(=O)Cc1ccccc1NCC(C)(C)C. The number of carbonyl (C=O) groups excluding carboxylic acids is 1. The van der Waals surface area contributed by atoms with Gasteiger partial charge in [0.1, 0.15) is 0 Å². The van der Waals surface area contributed by atoms with Crippen LogP contribution in [0, 0.1) is 5.41 Å². The third-order valence-electron chi connectivity index (χ3n) is 2.39. The van der Waals surface area contributed by atoms with Crippen molar-refractivity contribution in [1.29, 1.82) is 0 Å². The molecule has 0 heterocycles. The van der Waals surface area contributed by atoms with Gasteiger partial charge < -0.3 is 10.1 Å². The second-order valence-electron chi connectivity index (χ2n) is 5.32. The lowest BCUT2D eigenvalue weighted by Gasteiger charge is -2.21. The highest BCUT2D eigenvalue weighted by atomic mass is 16.5. The Hall–Kier alpha value is -1.51. The normalized spacial score (nSPS) is 11.1. The average molecular weight is 235 g/mol. The minimum absolute atomic E-state index is 0.207. The molecule has 17 heavy (non-hydrogen) atoms. The summed E-state index contributed by atoms with van der Waals surface area (Å²) in [5.41, 5.74) is 2.19. The quantitative estimate of drug-likeness (QED) is 0.815. The minimum atomic E-state index is -0.213. The summed E-state index contributed by atoms with van der Waals surface area (Å²) in [7, 11) is 1.41. The van der Waals surface area contributed by atoms with E-state index in [-0.39, 0.29) is 11.4 Å². The molecule has 0 aliphatic rings. The molecule has 0 radical (unpaired) electrons. The van der Waals surface area contributed by atoms with Crippen molar-refractivity contribution < 1.29 is 9.53 Å². The molecule has 94 valence electrons. The summed E-state index contributed by atoms with van der Waals surface area (Å²) >= 11 is 0. The van der Waals surface area contributed by atoms with E-state index in [2.05, 4.69) is 30.8 Å². The molecule has 0 amide bonds. The van der Waals surface area contributed by atoms with E-state index in [1.807, 2.05) is 24.3 Å². The molecule has 0 aliphatic carbocycles. The summed E-state index contributed by atoms with van der Waals surface area (Å²) in [4.78, 5) is 11.3. The monoisotopic (exact) mass is 235 g/mol. The topological polar surface area (TPSA) is 38.3 Å². The van der Waals surface area contributed by atoms with Gasteiger partial charge in [-0.1, -0.05) is 39.0 Å². The summed E-state index contributed by atoms with van der Waals surface area (Å²) in [6.07, 6.45) is 0.309. The number of nitrogens with one attached hydrogen (secondary N) is 1. The van der Waals surface area contributed by atoms with Crippen LogP contribution in [0.5, 0.6) is 0 Å². The van der Waals surface area contributed by atoms with Crippen LogP contribution in [0.1, 0.15) is 26.3 Å². The zero-order valence-corrected chi connectivity index (χ0v) is 11.0. The molecular weight excluding hydrogens is 214 g/mol. The van der Waals surface area contributed by atoms with Crippen LogP contribution in [0.2, 0.25) is 0 Å². The average Bonchev–Trinajstić information content (AvgIpc) is 2.26. The first kappa shape index (κ1) is 13.6. The molecule has 1 rings (SSSR count). The summed E-state index contributed by atoms with van der Waals surface area (Å²) in [5, 5.41) is 3.37. The Morgan fingerprint density at radius 2 is 1.94 bits per heavy atom. The molecule has 0 fully saturated rings. The number of benzene rings is 1. The molecule has 3 heteroatoms. The minimum Gasteiger partial charge on any atom is -0.469 e. The molecule has 0 spiro atoms. The number of para-hydroxylation sites is 1. The second-order valence-corrected chi connectivity index (χ2v) is 5.32. The highest BCUT2D eigenvalue weighted by molar-refractivity contribution is 5.75. The fourth-order valence-corrected chi connectivity index (χ4v) is 1.43. The fraction of sp³-hybridized carbons (Fsp3) is 0.500. The van der Waals surface area contributed by atoms with Gasteiger partial charge in [0, 0.05) is 12.2 Å². The standard InChI is InChI=1S/C14H21NO2/c1-14(2,3)10-15-12-8-6-5-7-11(12)9-13(16)17-4/h5-8,15H,9-10H2,1-4H3. The van der Waals surface area contributed by atoms with Crippen LogP contribution in [0.3, 0.4) is 0 Å². The Morgan fingerprint density at radius 1 is 1.29 bits per heavy atom. The summed E-state index contributed by atoms with van der Waals surface area (Å²) < 4.78 is 4.69. The van der Waals surface area contributed by atoms with Crippen LogP contribution in [0.25, 0.3) is 0 Å². The third-order valence-corrected chi connectivity index (χ3v) is 2.39. The van der Waals surface area contributed by atoms with Gasteiger partial charge in [0.2, 0.25) is 0 Å². The molecule has 0 aliphatic heterocycles. The van der Waals surface area contributed by atoms with E-state index >= 15 is 0 Å². The third kappa shape index (κ3) is 4.89. The van der Waals surface area contributed by atoms with Crippen molar-refractivity contribution in [2.45, 2.75) is 27.2 Å². The molecule has 0 aromatic heterocycles. The zero-order valence-electron chi connectivity index (χ0n) is 11.0. The molecule has 0 unspecified atom stereocenters. The van der Waals surface area contributed by atoms with Crippen molar-refractivity contribution in [2.24, 2.45) is 5.41 Å². The van der Waals surface area contributed by atoms with Crippen molar-refractivity contribution >= 4 is 11.7 Å². The van der Waals surface area contributed by atoms with E-state index in [0.717, 1.165) is 17.8 Å². The first-order valence-corrected chi connectivity index (χ1v) is 5.81. The van der Waals surface area contributed by atoms with E-state index in [9.17, 15) is 4.79 Å². The first-order chi connectivity index (χ1) is 7.92. The predicted molar refractivity (Wildman–Crippen MR) is 70.1 cm³/mol.